The predicted octanol–water partition coefficient (Wildman–Crippen LogP) is 5.94. The molecule has 0 radical (unpaired) electrons. The Morgan fingerprint density at radius 1 is 1.22 bits per heavy atom. The topological polar surface area (TPSA) is 82.0 Å². The number of alkyl halides is 3. The van der Waals surface area contributed by atoms with Crippen molar-refractivity contribution in [3.8, 4) is 6.07 Å². The smallest absolute Gasteiger partial charge is 0.325 e. The van der Waals surface area contributed by atoms with E-state index < -0.39 is 23.6 Å². The predicted molar refractivity (Wildman–Crippen MR) is 123 cm³/mol. The minimum atomic E-state index is -4.65. The number of halogens is 5. The first-order valence-corrected chi connectivity index (χ1v) is 11.6. The van der Waals surface area contributed by atoms with Crippen molar-refractivity contribution in [2.75, 3.05) is 11.1 Å². The fraction of sp³-hybridized carbons (Fsp3) is 0.190. The molecule has 1 aliphatic rings. The van der Waals surface area contributed by atoms with Crippen molar-refractivity contribution in [3.63, 3.8) is 0 Å². The van der Waals surface area contributed by atoms with Gasteiger partial charge in [0.1, 0.15) is 0 Å². The number of allylic oxidation sites excluding steroid dienone is 1. The Morgan fingerprint density at radius 2 is 1.94 bits per heavy atom. The van der Waals surface area contributed by atoms with E-state index in [0.29, 0.717) is 5.57 Å². The van der Waals surface area contributed by atoms with Crippen LogP contribution in [0.1, 0.15) is 23.5 Å². The van der Waals surface area contributed by atoms with Crippen molar-refractivity contribution < 1.29 is 22.8 Å². The maximum Gasteiger partial charge on any atom is 0.418 e. The molecule has 0 fully saturated rings. The lowest BCUT2D eigenvalue weighted by Crippen LogP contribution is -2.31. The molecule has 5 nitrogen and oxygen atoms in total. The summed E-state index contributed by atoms with van der Waals surface area (Å²) in [6.45, 7) is 0. The van der Waals surface area contributed by atoms with Crippen LogP contribution in [0.15, 0.2) is 62.0 Å². The first-order valence-electron chi connectivity index (χ1n) is 9.07. The fourth-order valence-electron chi connectivity index (χ4n) is 3.13. The van der Waals surface area contributed by atoms with Crippen LogP contribution in [0.25, 0.3) is 0 Å². The average Bonchev–Trinajstić information content (AvgIpc) is 2.72. The molecular weight excluding hydrogens is 575 g/mol. The third-order valence-electron chi connectivity index (χ3n) is 4.52. The summed E-state index contributed by atoms with van der Waals surface area (Å²) in [7, 11) is 0. The first kappa shape index (κ1) is 24.4. The van der Waals surface area contributed by atoms with Crippen molar-refractivity contribution in [2.45, 2.75) is 18.5 Å². The Hall–Kier alpha value is -2.29. The molecule has 2 amide bonds. The van der Waals surface area contributed by atoms with Gasteiger partial charge in [0, 0.05) is 21.3 Å². The molecule has 11 heteroatoms. The molecule has 1 heterocycles. The zero-order valence-electron chi connectivity index (χ0n) is 16.1. The summed E-state index contributed by atoms with van der Waals surface area (Å²) in [6, 6.07) is 12.7. The number of hydrogen-bond acceptors (Lipinski definition) is 4. The van der Waals surface area contributed by atoms with Crippen molar-refractivity contribution in [3.05, 3.63) is 73.1 Å². The van der Waals surface area contributed by atoms with Crippen LogP contribution in [0.2, 0.25) is 0 Å². The Balaban J connectivity index is 1.79. The molecule has 166 valence electrons. The maximum atomic E-state index is 13.3. The summed E-state index contributed by atoms with van der Waals surface area (Å²) in [5, 5.41) is 14.8. The molecule has 0 saturated heterocycles. The minimum Gasteiger partial charge on any atom is -0.325 e. The van der Waals surface area contributed by atoms with Gasteiger partial charge in [0.15, 0.2) is 0 Å². The quantitative estimate of drug-likeness (QED) is 0.453. The standard InChI is InChI=1S/C21H14Br2F3N3O2S/c22-12-3-1-2-11(6-12)14-8-18(30)29-20(15(14)9-27)32-10-19(31)28-17-5-4-13(23)7-16(17)21(24,25)26/h1-7,14H,8,10H2,(H,28,31)(H,29,30)/t14-/m0/s1. The Morgan fingerprint density at radius 3 is 2.59 bits per heavy atom. The number of nitrogens with one attached hydrogen (secondary N) is 2. The Labute approximate surface area is 202 Å². The molecule has 0 aromatic heterocycles. The summed E-state index contributed by atoms with van der Waals surface area (Å²) in [6.07, 6.45) is -4.58. The van der Waals surface area contributed by atoms with Crippen LogP contribution in [-0.2, 0) is 15.8 Å². The lowest BCUT2D eigenvalue weighted by molar-refractivity contribution is -0.137. The van der Waals surface area contributed by atoms with Gasteiger partial charge in [-0.25, -0.2) is 0 Å². The zero-order chi connectivity index (χ0) is 23.5. The van der Waals surface area contributed by atoms with Crippen LogP contribution in [-0.4, -0.2) is 17.6 Å². The van der Waals surface area contributed by atoms with Crippen LogP contribution in [0.3, 0.4) is 0 Å². The van der Waals surface area contributed by atoms with Gasteiger partial charge in [-0.2, -0.15) is 18.4 Å². The molecule has 0 bridgehead atoms. The number of hydrogen-bond donors (Lipinski definition) is 2. The highest BCUT2D eigenvalue weighted by Crippen LogP contribution is 2.38. The van der Waals surface area contributed by atoms with E-state index in [4.69, 9.17) is 0 Å². The zero-order valence-corrected chi connectivity index (χ0v) is 20.1. The van der Waals surface area contributed by atoms with Crippen LogP contribution >= 0.6 is 43.6 Å². The lowest BCUT2D eigenvalue weighted by Gasteiger charge is -2.25. The number of amides is 2. The van der Waals surface area contributed by atoms with Crippen LogP contribution in [0, 0.1) is 11.3 Å². The summed E-state index contributed by atoms with van der Waals surface area (Å²) in [4.78, 5) is 24.6. The van der Waals surface area contributed by atoms with E-state index in [1.807, 2.05) is 12.1 Å². The average molecular weight is 589 g/mol. The number of carbonyl (C=O) groups is 2. The second-order valence-electron chi connectivity index (χ2n) is 6.74. The number of rotatable bonds is 5. The number of nitriles is 1. The van der Waals surface area contributed by atoms with E-state index in [9.17, 15) is 28.0 Å². The summed E-state index contributed by atoms with van der Waals surface area (Å²) < 4.78 is 40.8. The molecule has 0 saturated carbocycles. The van der Waals surface area contributed by atoms with Crippen molar-refractivity contribution in [1.29, 1.82) is 5.26 Å². The molecule has 2 aromatic carbocycles. The van der Waals surface area contributed by atoms with Crippen LogP contribution in [0.4, 0.5) is 18.9 Å². The van der Waals surface area contributed by atoms with E-state index in [1.165, 1.54) is 6.07 Å². The van der Waals surface area contributed by atoms with Gasteiger partial charge < -0.3 is 10.6 Å². The van der Waals surface area contributed by atoms with E-state index in [2.05, 4.69) is 48.6 Å². The number of carbonyl (C=O) groups excluding carboxylic acids is 2. The van der Waals surface area contributed by atoms with Gasteiger partial charge in [-0.15, -0.1) is 0 Å². The van der Waals surface area contributed by atoms with Gasteiger partial charge >= 0.3 is 6.18 Å². The molecule has 2 N–H and O–H groups in total. The number of nitrogens with zero attached hydrogens (tertiary/aromatic N) is 1. The van der Waals surface area contributed by atoms with Gasteiger partial charge in [0.2, 0.25) is 11.8 Å². The van der Waals surface area contributed by atoms with E-state index in [0.717, 1.165) is 33.9 Å². The van der Waals surface area contributed by atoms with Crippen molar-refractivity contribution in [1.82, 2.24) is 5.32 Å². The number of anilines is 1. The van der Waals surface area contributed by atoms with Gasteiger partial charge in [-0.05, 0) is 35.9 Å². The van der Waals surface area contributed by atoms with Crippen LogP contribution in [0.5, 0.6) is 0 Å². The molecule has 32 heavy (non-hydrogen) atoms. The molecule has 1 aliphatic heterocycles. The van der Waals surface area contributed by atoms with Crippen molar-refractivity contribution in [2.24, 2.45) is 0 Å². The van der Waals surface area contributed by atoms with E-state index in [-0.39, 0.29) is 33.3 Å². The lowest BCUT2D eigenvalue weighted by atomic mass is 9.87. The Bertz CT molecular complexity index is 1150. The first-order chi connectivity index (χ1) is 15.1. The highest BCUT2D eigenvalue weighted by atomic mass is 79.9. The number of thioether (sulfide) groups is 1. The SMILES string of the molecule is N#CC1=C(SCC(=O)Nc2ccc(Br)cc2C(F)(F)F)NC(=O)C[C@H]1c1cccc(Br)c1. The van der Waals surface area contributed by atoms with E-state index >= 15 is 0 Å². The fourth-order valence-corrected chi connectivity index (χ4v) is 4.78. The summed E-state index contributed by atoms with van der Waals surface area (Å²) in [5.41, 5.74) is -0.304. The molecular formula is C21H14Br2F3N3O2S. The molecule has 1 atom stereocenters. The van der Waals surface area contributed by atoms with Gasteiger partial charge in [-0.1, -0.05) is 55.8 Å². The van der Waals surface area contributed by atoms with Gasteiger partial charge in [0.25, 0.3) is 0 Å². The monoisotopic (exact) mass is 587 g/mol. The minimum absolute atomic E-state index is 0.0729. The second kappa shape index (κ2) is 10.1. The summed E-state index contributed by atoms with van der Waals surface area (Å²) in [5.74, 6) is -1.80. The largest absolute Gasteiger partial charge is 0.418 e. The van der Waals surface area contributed by atoms with E-state index in [1.54, 1.807) is 12.1 Å². The van der Waals surface area contributed by atoms with Crippen molar-refractivity contribution >= 4 is 61.1 Å². The van der Waals surface area contributed by atoms with Gasteiger partial charge in [-0.3, -0.25) is 9.59 Å². The molecule has 0 aliphatic carbocycles. The normalized spacial score (nSPS) is 16.4. The number of benzene rings is 2. The third-order valence-corrected chi connectivity index (χ3v) is 6.52. The van der Waals surface area contributed by atoms with Crippen LogP contribution < -0.4 is 10.6 Å². The summed E-state index contributed by atoms with van der Waals surface area (Å²) >= 11 is 7.25. The highest BCUT2D eigenvalue weighted by molar-refractivity contribution is 9.10. The van der Waals surface area contributed by atoms with Gasteiger partial charge in [0.05, 0.1) is 33.7 Å². The Kier molecular flexibility index (Phi) is 7.69. The maximum absolute atomic E-state index is 13.3. The molecule has 2 aromatic rings. The molecule has 3 rings (SSSR count). The molecule has 0 unspecified atom stereocenters. The second-order valence-corrected chi connectivity index (χ2v) is 9.56. The third kappa shape index (κ3) is 5.94. The molecule has 0 spiro atoms. The highest BCUT2D eigenvalue weighted by Gasteiger charge is 2.34.